The summed E-state index contributed by atoms with van der Waals surface area (Å²) in [5.41, 5.74) is 1.83. The van der Waals surface area contributed by atoms with Crippen LogP contribution in [0.15, 0.2) is 23.1 Å². The molecule has 1 atom stereocenters. The van der Waals surface area contributed by atoms with Crippen LogP contribution in [0.2, 0.25) is 0 Å². The van der Waals surface area contributed by atoms with Crippen molar-refractivity contribution in [1.29, 1.82) is 0 Å². The zero-order valence-corrected chi connectivity index (χ0v) is 15.8. The maximum atomic E-state index is 12.5. The van der Waals surface area contributed by atoms with Crippen LogP contribution in [0.4, 0.5) is 0 Å². The number of aliphatic hydroxyl groups is 1. The van der Waals surface area contributed by atoms with Gasteiger partial charge in [0.05, 0.1) is 0 Å². The molecule has 4 heteroatoms. The van der Waals surface area contributed by atoms with E-state index in [1.54, 1.807) is 4.90 Å². The summed E-state index contributed by atoms with van der Waals surface area (Å²) in [4.78, 5) is 15.5. The van der Waals surface area contributed by atoms with E-state index in [1.807, 2.05) is 36.9 Å². The van der Waals surface area contributed by atoms with Gasteiger partial charge in [0.15, 0.2) is 6.10 Å². The average Bonchev–Trinajstić information content (AvgIpc) is 2.55. The summed E-state index contributed by atoms with van der Waals surface area (Å²) in [6.45, 7) is 9.74. The Kier molecular flexibility index (Phi) is 9.34. The molecule has 1 aromatic rings. The van der Waals surface area contributed by atoms with Crippen molar-refractivity contribution in [2.75, 3.05) is 18.8 Å². The fraction of sp³-hybridized carbons (Fsp3) is 0.632. The molecule has 0 saturated carbocycles. The van der Waals surface area contributed by atoms with E-state index in [0.717, 1.165) is 24.2 Å². The molecule has 1 unspecified atom stereocenters. The number of hydrogen-bond donors (Lipinski definition) is 1. The smallest absolute Gasteiger partial charge is 0.256 e. The Bertz CT molecular complexity index is 484. The van der Waals surface area contributed by atoms with Gasteiger partial charge in [-0.05, 0) is 49.1 Å². The van der Waals surface area contributed by atoms with Crippen LogP contribution in [0.5, 0.6) is 0 Å². The highest BCUT2D eigenvalue weighted by Gasteiger charge is 2.23. The number of unbranched alkanes of at least 4 members (excludes halogenated alkanes) is 1. The molecule has 1 N–H and O–H groups in total. The van der Waals surface area contributed by atoms with Crippen LogP contribution in [0.1, 0.15) is 63.7 Å². The van der Waals surface area contributed by atoms with E-state index < -0.39 is 6.10 Å². The number of carbonyl (C=O) groups excluding carboxylic acids is 1. The van der Waals surface area contributed by atoms with Gasteiger partial charge in [0.2, 0.25) is 0 Å². The molecular weight excluding hydrogens is 306 g/mol. The lowest BCUT2D eigenvalue weighted by Gasteiger charge is -2.24. The molecule has 1 rings (SSSR count). The maximum Gasteiger partial charge on any atom is 0.256 e. The molecule has 3 nitrogen and oxygen atoms in total. The SMILES string of the molecule is CCCCSc1ccc(C(O)C(=O)N(CCC)CCC)cc1C. The lowest BCUT2D eigenvalue weighted by molar-refractivity contribution is -0.140. The van der Waals surface area contributed by atoms with Gasteiger partial charge in [-0.2, -0.15) is 0 Å². The topological polar surface area (TPSA) is 40.5 Å². The number of aryl methyl sites for hydroxylation is 1. The first-order valence-electron chi connectivity index (χ1n) is 8.75. The van der Waals surface area contributed by atoms with Gasteiger partial charge < -0.3 is 10.0 Å². The predicted octanol–water partition coefficient (Wildman–Crippen LogP) is 4.57. The summed E-state index contributed by atoms with van der Waals surface area (Å²) in [5.74, 6) is 0.929. The molecule has 0 aliphatic rings. The fourth-order valence-corrected chi connectivity index (χ4v) is 3.62. The molecule has 0 aliphatic heterocycles. The summed E-state index contributed by atoms with van der Waals surface area (Å²) < 4.78 is 0. The first-order valence-corrected chi connectivity index (χ1v) is 9.73. The van der Waals surface area contributed by atoms with Crippen LogP contribution < -0.4 is 0 Å². The van der Waals surface area contributed by atoms with Crippen LogP contribution in [-0.2, 0) is 4.79 Å². The van der Waals surface area contributed by atoms with Crippen LogP contribution in [0.3, 0.4) is 0 Å². The molecule has 0 fully saturated rings. The molecule has 0 aliphatic carbocycles. The van der Waals surface area contributed by atoms with Gasteiger partial charge in [-0.3, -0.25) is 4.79 Å². The van der Waals surface area contributed by atoms with Gasteiger partial charge in [0.1, 0.15) is 0 Å². The summed E-state index contributed by atoms with van der Waals surface area (Å²) >= 11 is 1.85. The van der Waals surface area contributed by atoms with Crippen molar-refractivity contribution < 1.29 is 9.90 Å². The third-order valence-electron chi connectivity index (χ3n) is 3.80. The first-order chi connectivity index (χ1) is 11.0. The van der Waals surface area contributed by atoms with E-state index in [4.69, 9.17) is 0 Å². The molecule has 0 radical (unpaired) electrons. The van der Waals surface area contributed by atoms with Crippen molar-refractivity contribution in [3.8, 4) is 0 Å². The second-order valence-electron chi connectivity index (χ2n) is 5.95. The van der Waals surface area contributed by atoms with Crippen LogP contribution in [0, 0.1) is 6.92 Å². The highest BCUT2D eigenvalue weighted by molar-refractivity contribution is 7.99. The van der Waals surface area contributed by atoms with Gasteiger partial charge in [0, 0.05) is 18.0 Å². The normalized spacial score (nSPS) is 12.2. The van der Waals surface area contributed by atoms with Gasteiger partial charge >= 0.3 is 0 Å². The predicted molar refractivity (Wildman–Crippen MR) is 98.9 cm³/mol. The molecule has 23 heavy (non-hydrogen) atoms. The van der Waals surface area contributed by atoms with Crippen LogP contribution in [0.25, 0.3) is 0 Å². The maximum absolute atomic E-state index is 12.5. The van der Waals surface area contributed by atoms with Crippen molar-refractivity contribution in [2.45, 2.75) is 64.4 Å². The molecule has 1 aromatic carbocycles. The Labute approximate surface area is 145 Å². The number of hydrogen-bond acceptors (Lipinski definition) is 3. The Morgan fingerprint density at radius 3 is 2.35 bits per heavy atom. The van der Waals surface area contributed by atoms with E-state index in [1.165, 1.54) is 17.7 Å². The minimum atomic E-state index is -1.05. The Morgan fingerprint density at radius 2 is 1.83 bits per heavy atom. The molecular formula is C19H31NO2S. The summed E-state index contributed by atoms with van der Waals surface area (Å²) in [6, 6.07) is 5.87. The minimum absolute atomic E-state index is 0.181. The highest BCUT2D eigenvalue weighted by Crippen LogP contribution is 2.27. The third-order valence-corrected chi connectivity index (χ3v) is 5.06. The van der Waals surface area contributed by atoms with Crippen molar-refractivity contribution in [3.05, 3.63) is 29.3 Å². The van der Waals surface area contributed by atoms with E-state index in [0.29, 0.717) is 18.7 Å². The number of aliphatic hydroxyl groups excluding tert-OH is 1. The molecule has 130 valence electrons. The summed E-state index contributed by atoms with van der Waals surface area (Å²) in [7, 11) is 0. The summed E-state index contributed by atoms with van der Waals surface area (Å²) in [5, 5.41) is 10.4. The van der Waals surface area contributed by atoms with E-state index in [2.05, 4.69) is 20.8 Å². The first kappa shape index (κ1) is 20.0. The molecule has 1 amide bonds. The van der Waals surface area contributed by atoms with Gasteiger partial charge in [-0.1, -0.05) is 39.3 Å². The van der Waals surface area contributed by atoms with Gasteiger partial charge in [-0.15, -0.1) is 11.8 Å². The van der Waals surface area contributed by atoms with E-state index >= 15 is 0 Å². The molecule has 0 bridgehead atoms. The number of thioether (sulfide) groups is 1. The number of amides is 1. The zero-order valence-electron chi connectivity index (χ0n) is 15.0. The lowest BCUT2D eigenvalue weighted by atomic mass is 10.1. The van der Waals surface area contributed by atoms with Crippen molar-refractivity contribution in [1.82, 2.24) is 4.90 Å². The number of nitrogens with zero attached hydrogens (tertiary/aromatic N) is 1. The second-order valence-corrected chi connectivity index (χ2v) is 7.09. The third kappa shape index (κ3) is 6.19. The highest BCUT2D eigenvalue weighted by atomic mass is 32.2. The second kappa shape index (κ2) is 10.7. The van der Waals surface area contributed by atoms with Crippen LogP contribution in [-0.4, -0.2) is 34.8 Å². The van der Waals surface area contributed by atoms with Crippen molar-refractivity contribution >= 4 is 17.7 Å². The standard InChI is InChI=1S/C19H31NO2S/c1-5-8-13-23-17-10-9-16(14-15(17)4)18(21)19(22)20(11-6-2)12-7-3/h9-10,14,18,21H,5-8,11-13H2,1-4H3. The largest absolute Gasteiger partial charge is 0.378 e. The number of carbonyl (C=O) groups is 1. The Hall–Kier alpha value is -1.00. The molecule has 0 spiro atoms. The zero-order chi connectivity index (χ0) is 17.2. The Balaban J connectivity index is 2.80. The number of benzene rings is 1. The quantitative estimate of drug-likeness (QED) is 0.502. The van der Waals surface area contributed by atoms with Crippen LogP contribution >= 0.6 is 11.8 Å². The summed E-state index contributed by atoms with van der Waals surface area (Å²) in [6.07, 6.45) is 3.16. The molecule has 0 aromatic heterocycles. The Morgan fingerprint density at radius 1 is 1.17 bits per heavy atom. The van der Waals surface area contributed by atoms with E-state index in [-0.39, 0.29) is 5.91 Å². The minimum Gasteiger partial charge on any atom is -0.378 e. The molecule has 0 heterocycles. The van der Waals surface area contributed by atoms with Gasteiger partial charge in [-0.25, -0.2) is 0 Å². The lowest BCUT2D eigenvalue weighted by Crippen LogP contribution is -2.36. The average molecular weight is 338 g/mol. The fourth-order valence-electron chi connectivity index (χ4n) is 2.52. The molecule has 0 saturated heterocycles. The van der Waals surface area contributed by atoms with Gasteiger partial charge in [0.25, 0.3) is 5.91 Å². The monoisotopic (exact) mass is 337 g/mol. The number of rotatable bonds is 10. The van der Waals surface area contributed by atoms with E-state index in [9.17, 15) is 9.90 Å². The van der Waals surface area contributed by atoms with Crippen molar-refractivity contribution in [2.24, 2.45) is 0 Å². The van der Waals surface area contributed by atoms with Crippen molar-refractivity contribution in [3.63, 3.8) is 0 Å².